The molecular weight excluding hydrogens is 381 g/mol. The van der Waals surface area contributed by atoms with E-state index in [1.165, 1.54) is 0 Å². The van der Waals surface area contributed by atoms with E-state index in [1.807, 2.05) is 22.0 Å². The zero-order valence-corrected chi connectivity index (χ0v) is 13.7. The Morgan fingerprint density at radius 3 is 2.56 bits per heavy atom. The molecule has 1 fully saturated rings. The summed E-state index contributed by atoms with van der Waals surface area (Å²) in [6, 6.07) is -0.526. The van der Waals surface area contributed by atoms with Crippen molar-refractivity contribution in [1.29, 1.82) is 0 Å². The van der Waals surface area contributed by atoms with Crippen molar-refractivity contribution < 1.29 is 18.7 Å². The molecule has 0 aromatic carbocycles. The Morgan fingerprint density at radius 2 is 2.12 bits per heavy atom. The van der Waals surface area contributed by atoms with E-state index in [9.17, 15) is 0 Å². The van der Waals surface area contributed by atoms with Crippen molar-refractivity contribution in [2.24, 2.45) is 0 Å². The lowest BCUT2D eigenvalue weighted by Gasteiger charge is -2.24. The van der Waals surface area contributed by atoms with Crippen molar-refractivity contribution >= 4 is 57.1 Å². The average Bonchev–Trinajstić information content (AvgIpc) is 2.41. The average molecular weight is 394 g/mol. The van der Waals surface area contributed by atoms with Crippen molar-refractivity contribution in [1.82, 2.24) is 0 Å². The maximum absolute atomic E-state index is 5.79. The Kier molecular flexibility index (Phi) is 6.57. The van der Waals surface area contributed by atoms with Gasteiger partial charge in [0.05, 0.1) is 6.61 Å². The lowest BCUT2D eigenvalue weighted by molar-refractivity contribution is -0.00843. The minimum absolute atomic E-state index is 0.269. The van der Waals surface area contributed by atoms with E-state index in [4.69, 9.17) is 38.4 Å². The van der Waals surface area contributed by atoms with Gasteiger partial charge in [-0.2, -0.15) is 0 Å². The molecule has 0 bridgehead atoms. The molecule has 16 heavy (non-hydrogen) atoms. The standard InChI is InChI=1S/C7H13BIO4PS2/c1-10-3-4-5(13-14(9,15)16)6(11-2)7(8)12-4/h4-7H,3H2,1-2H3,(H,15,16)/t4-,5?,6?,7-/m1/s1. The monoisotopic (exact) mass is 394 g/mol. The quantitative estimate of drug-likeness (QED) is 0.331. The van der Waals surface area contributed by atoms with Gasteiger partial charge in [-0.15, -0.1) is 12.2 Å². The number of ether oxygens (including phenoxy) is 3. The molecule has 1 aliphatic rings. The lowest BCUT2D eigenvalue weighted by Crippen LogP contribution is -2.37. The Bertz CT molecular complexity index is 279. The van der Waals surface area contributed by atoms with Gasteiger partial charge in [-0.25, -0.2) is 0 Å². The zero-order chi connectivity index (χ0) is 12.3. The Morgan fingerprint density at radius 1 is 1.50 bits per heavy atom. The van der Waals surface area contributed by atoms with E-state index in [2.05, 4.69) is 12.2 Å². The maximum atomic E-state index is 5.79. The van der Waals surface area contributed by atoms with Crippen LogP contribution in [0.4, 0.5) is 0 Å². The number of halogens is 1. The van der Waals surface area contributed by atoms with Crippen LogP contribution in [0.1, 0.15) is 0 Å². The van der Waals surface area contributed by atoms with E-state index >= 15 is 0 Å². The van der Waals surface area contributed by atoms with Crippen LogP contribution < -0.4 is 0 Å². The van der Waals surface area contributed by atoms with E-state index in [-0.39, 0.29) is 18.3 Å². The fourth-order valence-corrected chi connectivity index (χ4v) is 3.57. The van der Waals surface area contributed by atoms with E-state index < -0.39 is 9.11 Å². The summed E-state index contributed by atoms with van der Waals surface area (Å²) in [6.07, 6.45) is -0.946. The van der Waals surface area contributed by atoms with Crippen LogP contribution in [-0.2, 0) is 30.5 Å². The maximum Gasteiger partial charge on any atom is 0.175 e. The summed E-state index contributed by atoms with van der Waals surface area (Å²) >= 11 is 11.4. The minimum atomic E-state index is -2.13. The first-order valence-corrected chi connectivity index (χ1v) is 11.2. The highest BCUT2D eigenvalue weighted by atomic mass is 127. The highest BCUT2D eigenvalue weighted by molar-refractivity contribution is 14.2. The fraction of sp³-hybridized carbons (Fsp3) is 1.00. The van der Waals surface area contributed by atoms with Crippen molar-refractivity contribution in [3.8, 4) is 0 Å². The summed E-state index contributed by atoms with van der Waals surface area (Å²) in [5, 5.41) is 0. The predicted octanol–water partition coefficient (Wildman–Crippen LogP) is 1.52. The van der Waals surface area contributed by atoms with E-state index in [0.29, 0.717) is 6.61 Å². The first-order valence-electron chi connectivity index (χ1n) is 4.52. The summed E-state index contributed by atoms with van der Waals surface area (Å²) in [7, 11) is 8.94. The molecule has 5 atom stereocenters. The van der Waals surface area contributed by atoms with Gasteiger partial charge in [-0.1, -0.05) is 0 Å². The predicted molar refractivity (Wildman–Crippen MR) is 79.3 cm³/mol. The van der Waals surface area contributed by atoms with Crippen molar-refractivity contribution in [2.45, 2.75) is 24.3 Å². The van der Waals surface area contributed by atoms with Gasteiger partial charge in [0.2, 0.25) is 0 Å². The van der Waals surface area contributed by atoms with Gasteiger partial charge < -0.3 is 18.7 Å². The molecule has 0 aliphatic carbocycles. The van der Waals surface area contributed by atoms with Crippen molar-refractivity contribution in [3.63, 3.8) is 0 Å². The Labute approximate surface area is 120 Å². The third-order valence-corrected chi connectivity index (χ3v) is 3.93. The molecular formula is C7H13BIO4PS2. The van der Waals surface area contributed by atoms with E-state index in [1.54, 1.807) is 14.2 Å². The van der Waals surface area contributed by atoms with Gasteiger partial charge >= 0.3 is 0 Å². The van der Waals surface area contributed by atoms with Gasteiger partial charge in [-0.3, -0.25) is 0 Å². The van der Waals surface area contributed by atoms with Crippen LogP contribution in [0, 0.1) is 0 Å². The number of thiol groups is 1. The summed E-state index contributed by atoms with van der Waals surface area (Å²) in [5.41, 5.74) is 0. The molecule has 4 nitrogen and oxygen atoms in total. The van der Waals surface area contributed by atoms with Crippen molar-refractivity contribution in [3.05, 3.63) is 0 Å². The molecule has 1 aliphatic heterocycles. The summed E-state index contributed by atoms with van der Waals surface area (Å²) in [4.78, 5) is 0. The summed E-state index contributed by atoms with van der Waals surface area (Å²) < 4.78 is 19.4. The number of hydrogen-bond acceptors (Lipinski definition) is 5. The van der Waals surface area contributed by atoms with Crippen molar-refractivity contribution in [2.75, 3.05) is 20.8 Å². The van der Waals surface area contributed by atoms with Gasteiger partial charge in [0.25, 0.3) is 0 Å². The topological polar surface area (TPSA) is 36.9 Å². The second kappa shape index (κ2) is 6.70. The zero-order valence-electron chi connectivity index (χ0n) is 8.91. The van der Waals surface area contributed by atoms with Crippen LogP contribution in [-0.4, -0.2) is 53.0 Å². The van der Waals surface area contributed by atoms with Crippen LogP contribution in [0.5, 0.6) is 0 Å². The SMILES string of the molecule is [B][C@@H]1O[C@H](COC)C(OP(=S)(S)I)C1OC. The molecule has 3 unspecified atom stereocenters. The highest BCUT2D eigenvalue weighted by Crippen LogP contribution is 2.62. The normalized spacial score (nSPS) is 38.5. The highest BCUT2D eigenvalue weighted by Gasteiger charge is 2.44. The second-order valence-electron chi connectivity index (χ2n) is 3.32. The van der Waals surface area contributed by atoms with Gasteiger partial charge in [-0.05, 0) is 11.8 Å². The van der Waals surface area contributed by atoms with Crippen LogP contribution >= 0.6 is 37.4 Å². The van der Waals surface area contributed by atoms with Crippen LogP contribution in [0.15, 0.2) is 0 Å². The Hall–Kier alpha value is 1.63. The molecule has 92 valence electrons. The Balaban J connectivity index is 2.75. The van der Waals surface area contributed by atoms with E-state index in [0.717, 1.165) is 0 Å². The molecule has 0 N–H and O–H groups in total. The summed E-state index contributed by atoms with van der Waals surface area (Å²) in [6.45, 7) is 0.387. The second-order valence-corrected chi connectivity index (χ2v) is 16.8. The van der Waals surface area contributed by atoms with Crippen LogP contribution in [0.3, 0.4) is 0 Å². The third kappa shape index (κ3) is 4.38. The largest absolute Gasteiger partial charge is 0.382 e. The smallest absolute Gasteiger partial charge is 0.175 e. The molecule has 2 radical (unpaired) electrons. The number of hydrogen-bond donors (Lipinski definition) is 1. The molecule has 0 aromatic rings. The lowest BCUT2D eigenvalue weighted by atomic mass is 9.93. The first-order chi connectivity index (χ1) is 7.39. The molecule has 0 saturated carbocycles. The van der Waals surface area contributed by atoms with Crippen LogP contribution in [0.25, 0.3) is 0 Å². The third-order valence-electron chi connectivity index (χ3n) is 2.20. The minimum Gasteiger partial charge on any atom is -0.382 e. The summed E-state index contributed by atoms with van der Waals surface area (Å²) in [5.74, 6) is 0. The molecule has 9 heteroatoms. The molecule has 0 amide bonds. The number of rotatable bonds is 5. The molecule has 1 heterocycles. The number of methoxy groups -OCH3 is 2. The molecule has 1 saturated heterocycles. The van der Waals surface area contributed by atoms with Gasteiger partial charge in [0, 0.05) is 42.3 Å². The first kappa shape index (κ1) is 15.7. The molecule has 1 rings (SSSR count). The van der Waals surface area contributed by atoms with Gasteiger partial charge in [0.15, 0.2) is 3.11 Å². The molecule has 0 aromatic heterocycles. The fourth-order valence-electron chi connectivity index (χ4n) is 1.60. The molecule has 0 spiro atoms. The van der Waals surface area contributed by atoms with Crippen LogP contribution in [0.2, 0.25) is 0 Å². The van der Waals surface area contributed by atoms with Gasteiger partial charge in [0.1, 0.15) is 26.2 Å².